The molecule has 0 aliphatic carbocycles. The van der Waals surface area contributed by atoms with E-state index in [-0.39, 0.29) is 18.2 Å². The van der Waals surface area contributed by atoms with Crippen LogP contribution in [-0.4, -0.2) is 19.9 Å². The first kappa shape index (κ1) is 20.5. The van der Waals surface area contributed by atoms with E-state index in [0.717, 1.165) is 16.0 Å². The van der Waals surface area contributed by atoms with Gasteiger partial charge in [-0.25, -0.2) is 19.3 Å². The molecular weight excluding hydrogens is 411 g/mol. The molecule has 0 spiro atoms. The maximum atomic E-state index is 14.8. The summed E-state index contributed by atoms with van der Waals surface area (Å²) in [5.41, 5.74) is 14.4. The number of nitrogens with two attached hydrogens (primary N) is 2. The molecule has 6 nitrogen and oxygen atoms in total. The van der Waals surface area contributed by atoms with Crippen molar-refractivity contribution in [1.82, 2.24) is 19.9 Å². The molecule has 9 heteroatoms. The predicted octanol–water partition coefficient (Wildman–Crippen LogP) is 4.48. The van der Waals surface area contributed by atoms with E-state index in [1.54, 1.807) is 12.3 Å². The van der Waals surface area contributed by atoms with Crippen LogP contribution >= 0.6 is 24.2 Å². The van der Waals surface area contributed by atoms with Crippen LogP contribution in [0.25, 0.3) is 22.4 Å². The van der Waals surface area contributed by atoms with Gasteiger partial charge in [0.2, 0.25) is 0 Å². The zero-order valence-electron chi connectivity index (χ0n) is 15.0. The number of nitrogen functional groups attached to an aromatic ring is 2. The molecular formula is C20H16ClFN6S. The van der Waals surface area contributed by atoms with Crippen molar-refractivity contribution in [3.8, 4) is 22.4 Å². The third-order valence-corrected chi connectivity index (χ3v) is 5.13. The SMILES string of the molecule is Cl.Nc1cnc(-c2ccc(-c3ccccc3Sc3ncncc3N)cc2F)cn1. The third-order valence-electron chi connectivity index (χ3n) is 4.02. The highest BCUT2D eigenvalue weighted by molar-refractivity contribution is 7.99. The van der Waals surface area contributed by atoms with E-state index in [2.05, 4.69) is 19.9 Å². The summed E-state index contributed by atoms with van der Waals surface area (Å²) >= 11 is 1.41. The molecule has 0 radical (unpaired) electrons. The number of benzene rings is 2. The van der Waals surface area contributed by atoms with E-state index in [9.17, 15) is 4.39 Å². The second-order valence-electron chi connectivity index (χ2n) is 5.90. The highest BCUT2D eigenvalue weighted by Crippen LogP contribution is 2.37. The first-order valence-corrected chi connectivity index (χ1v) is 9.13. The van der Waals surface area contributed by atoms with Gasteiger partial charge < -0.3 is 11.5 Å². The number of rotatable bonds is 4. The lowest BCUT2D eigenvalue weighted by Crippen LogP contribution is -1.95. The van der Waals surface area contributed by atoms with Gasteiger partial charge in [0.1, 0.15) is 23.0 Å². The summed E-state index contributed by atoms with van der Waals surface area (Å²) in [7, 11) is 0. The molecule has 0 aliphatic rings. The Hall–Kier alpha value is -3.23. The average molecular weight is 427 g/mol. The highest BCUT2D eigenvalue weighted by Gasteiger charge is 2.13. The van der Waals surface area contributed by atoms with Gasteiger partial charge in [0.15, 0.2) is 0 Å². The minimum atomic E-state index is -0.391. The van der Waals surface area contributed by atoms with Crippen molar-refractivity contribution in [2.45, 2.75) is 9.92 Å². The normalized spacial score (nSPS) is 10.4. The molecule has 146 valence electrons. The van der Waals surface area contributed by atoms with E-state index in [1.165, 1.54) is 36.5 Å². The summed E-state index contributed by atoms with van der Waals surface area (Å²) in [6.07, 6.45) is 5.86. The van der Waals surface area contributed by atoms with Crippen molar-refractivity contribution in [2.24, 2.45) is 0 Å². The van der Waals surface area contributed by atoms with Crippen molar-refractivity contribution < 1.29 is 4.39 Å². The molecule has 0 fully saturated rings. The summed E-state index contributed by atoms with van der Waals surface area (Å²) in [4.78, 5) is 17.1. The summed E-state index contributed by atoms with van der Waals surface area (Å²) in [5, 5.41) is 0.650. The molecule has 0 bridgehead atoms. The lowest BCUT2D eigenvalue weighted by Gasteiger charge is -2.11. The Morgan fingerprint density at radius 3 is 2.41 bits per heavy atom. The Morgan fingerprint density at radius 2 is 1.69 bits per heavy atom. The fourth-order valence-corrected chi connectivity index (χ4v) is 3.60. The molecule has 0 saturated carbocycles. The van der Waals surface area contributed by atoms with Crippen LogP contribution in [0.2, 0.25) is 0 Å². The molecule has 0 atom stereocenters. The van der Waals surface area contributed by atoms with Gasteiger partial charge in [-0.3, -0.25) is 4.98 Å². The van der Waals surface area contributed by atoms with Crippen LogP contribution in [0.3, 0.4) is 0 Å². The largest absolute Gasteiger partial charge is 0.395 e. The molecule has 4 rings (SSSR count). The molecule has 0 unspecified atom stereocenters. The average Bonchev–Trinajstić information content (AvgIpc) is 2.71. The van der Waals surface area contributed by atoms with Crippen molar-refractivity contribution >= 4 is 35.7 Å². The number of hydrogen-bond donors (Lipinski definition) is 2. The Kier molecular flexibility index (Phi) is 6.26. The van der Waals surface area contributed by atoms with E-state index in [4.69, 9.17) is 11.5 Å². The van der Waals surface area contributed by atoms with Crippen molar-refractivity contribution in [3.05, 3.63) is 73.2 Å². The molecule has 2 aromatic carbocycles. The lowest BCUT2D eigenvalue weighted by atomic mass is 10.0. The third kappa shape index (κ3) is 4.44. The lowest BCUT2D eigenvalue weighted by molar-refractivity contribution is 0.631. The molecule has 0 amide bonds. The molecule has 2 aromatic heterocycles. The van der Waals surface area contributed by atoms with Crippen LogP contribution in [0.1, 0.15) is 0 Å². The maximum absolute atomic E-state index is 14.8. The summed E-state index contributed by atoms with van der Waals surface area (Å²) < 4.78 is 14.8. The minimum absolute atomic E-state index is 0. The van der Waals surface area contributed by atoms with E-state index in [0.29, 0.717) is 22.0 Å². The van der Waals surface area contributed by atoms with Crippen LogP contribution in [0.5, 0.6) is 0 Å². The first-order chi connectivity index (χ1) is 13.6. The Labute approximate surface area is 177 Å². The van der Waals surface area contributed by atoms with Gasteiger partial charge in [-0.15, -0.1) is 12.4 Å². The molecule has 0 aliphatic heterocycles. The van der Waals surface area contributed by atoms with E-state index < -0.39 is 5.82 Å². The molecule has 4 aromatic rings. The van der Waals surface area contributed by atoms with Crippen LogP contribution < -0.4 is 11.5 Å². The smallest absolute Gasteiger partial charge is 0.141 e. The van der Waals surface area contributed by atoms with Gasteiger partial charge in [-0.05, 0) is 29.3 Å². The Balaban J connectivity index is 0.00000240. The van der Waals surface area contributed by atoms with Gasteiger partial charge in [0.25, 0.3) is 0 Å². The van der Waals surface area contributed by atoms with Crippen molar-refractivity contribution in [3.63, 3.8) is 0 Å². The maximum Gasteiger partial charge on any atom is 0.141 e. The quantitative estimate of drug-likeness (QED) is 0.463. The standard InChI is InChI=1S/C20H15FN6S.ClH/c21-15-7-12(5-6-14(15)17-9-26-19(23)10-25-17)13-3-1-2-4-18(13)28-20-16(22)8-24-11-27-20;/h1-11H,22H2,(H2,23,26);1H. The van der Waals surface area contributed by atoms with Gasteiger partial charge in [-0.2, -0.15) is 0 Å². The topological polar surface area (TPSA) is 104 Å². The van der Waals surface area contributed by atoms with Gasteiger partial charge in [0.05, 0.1) is 30.0 Å². The van der Waals surface area contributed by atoms with E-state index in [1.807, 2.05) is 30.3 Å². The number of anilines is 2. The molecule has 4 N–H and O–H groups in total. The minimum Gasteiger partial charge on any atom is -0.395 e. The van der Waals surface area contributed by atoms with E-state index >= 15 is 0 Å². The zero-order valence-corrected chi connectivity index (χ0v) is 16.6. The zero-order chi connectivity index (χ0) is 19.5. The molecule has 2 heterocycles. The van der Waals surface area contributed by atoms with Crippen LogP contribution in [-0.2, 0) is 0 Å². The monoisotopic (exact) mass is 426 g/mol. The molecule has 0 saturated heterocycles. The van der Waals surface area contributed by atoms with Crippen LogP contribution in [0, 0.1) is 5.82 Å². The summed E-state index contributed by atoms with van der Waals surface area (Å²) in [6, 6.07) is 12.7. The van der Waals surface area contributed by atoms with Gasteiger partial charge >= 0.3 is 0 Å². The second-order valence-corrected chi connectivity index (χ2v) is 6.93. The number of aromatic nitrogens is 4. The Bertz CT molecular complexity index is 1140. The summed E-state index contributed by atoms with van der Waals surface area (Å²) in [5.74, 6) is -0.103. The predicted molar refractivity (Wildman–Crippen MR) is 115 cm³/mol. The summed E-state index contributed by atoms with van der Waals surface area (Å²) in [6.45, 7) is 0. The van der Waals surface area contributed by atoms with Crippen LogP contribution in [0.4, 0.5) is 15.9 Å². The fourth-order valence-electron chi connectivity index (χ4n) is 2.68. The second kappa shape index (κ2) is 8.85. The van der Waals surface area contributed by atoms with Crippen molar-refractivity contribution in [2.75, 3.05) is 11.5 Å². The van der Waals surface area contributed by atoms with Gasteiger partial charge in [-0.1, -0.05) is 36.0 Å². The van der Waals surface area contributed by atoms with Gasteiger partial charge in [0, 0.05) is 10.5 Å². The number of nitrogens with zero attached hydrogens (tertiary/aromatic N) is 4. The highest BCUT2D eigenvalue weighted by atomic mass is 35.5. The van der Waals surface area contributed by atoms with Crippen molar-refractivity contribution in [1.29, 1.82) is 0 Å². The number of hydrogen-bond acceptors (Lipinski definition) is 7. The first-order valence-electron chi connectivity index (χ1n) is 8.32. The molecule has 29 heavy (non-hydrogen) atoms. The number of halogens is 2. The Morgan fingerprint density at radius 1 is 0.862 bits per heavy atom. The fraction of sp³-hybridized carbons (Fsp3) is 0. The van der Waals surface area contributed by atoms with Crippen LogP contribution in [0.15, 0.2) is 77.3 Å².